The smallest absolute Gasteiger partial charge is 0.263 e. The van der Waals surface area contributed by atoms with Crippen LogP contribution in [-0.4, -0.2) is 8.97 Å². The standard InChI is InChI=1S/C55H34N2O2/c1-3-13-33(4-2)35-22-25-43-44(28-35)41-18-12-19-42-46-30-37(24-27-50(46)57(53(41)42)55(43)58)38-31-47-40-17-9-11-21-52(40)59-54(47)51(32-38)56-48-20-10-8-16-39(48)45-29-36(23-26-49(45)56)34-14-6-5-7-15-34/h3-32H,1-2H2/b33-13+. The van der Waals surface area contributed by atoms with Crippen LogP contribution in [-0.2, 0) is 0 Å². The fourth-order valence-corrected chi connectivity index (χ4v) is 9.52. The van der Waals surface area contributed by atoms with Crippen LogP contribution in [0.2, 0.25) is 0 Å². The third-order valence-electron chi connectivity index (χ3n) is 12.2. The van der Waals surface area contributed by atoms with Crippen molar-refractivity contribution in [2.75, 3.05) is 0 Å². The summed E-state index contributed by atoms with van der Waals surface area (Å²) in [6.45, 7) is 7.89. The summed E-state index contributed by atoms with van der Waals surface area (Å²) in [5.41, 5.74) is 13.1. The van der Waals surface area contributed by atoms with Crippen molar-refractivity contribution < 1.29 is 4.42 Å². The molecular formula is C55H34N2O2. The molecule has 0 atom stereocenters. The first-order valence-corrected chi connectivity index (χ1v) is 19.9. The van der Waals surface area contributed by atoms with Crippen molar-refractivity contribution in [2.24, 2.45) is 0 Å². The van der Waals surface area contributed by atoms with Crippen LogP contribution in [0.5, 0.6) is 0 Å². The SMILES string of the molecule is C=C/C=C(\C=C)c1ccc2c(=O)n3c4ccc(-c5cc(-n6c7ccccc7c7cc(-c8ccccc8)ccc76)c6oc7ccccc7c6c5)cc4c4cccc(c2c1)c43. The number of hydrogen-bond acceptors (Lipinski definition) is 2. The average Bonchev–Trinajstić information content (AvgIpc) is 3.95. The van der Waals surface area contributed by atoms with Crippen molar-refractivity contribution in [1.82, 2.24) is 8.97 Å². The fraction of sp³-hybridized carbons (Fsp3) is 0. The van der Waals surface area contributed by atoms with Gasteiger partial charge in [0.1, 0.15) is 5.58 Å². The maximum Gasteiger partial charge on any atom is 0.263 e. The van der Waals surface area contributed by atoms with Gasteiger partial charge in [0, 0.05) is 43.1 Å². The Morgan fingerprint density at radius 2 is 1.15 bits per heavy atom. The first-order chi connectivity index (χ1) is 29.1. The number of pyridine rings is 1. The highest BCUT2D eigenvalue weighted by atomic mass is 16.3. The van der Waals surface area contributed by atoms with Gasteiger partial charge in [-0.2, -0.15) is 0 Å². The summed E-state index contributed by atoms with van der Waals surface area (Å²) >= 11 is 0. The van der Waals surface area contributed by atoms with Crippen molar-refractivity contribution in [3.63, 3.8) is 0 Å². The lowest BCUT2D eigenvalue weighted by Crippen LogP contribution is -2.13. The summed E-state index contributed by atoms with van der Waals surface area (Å²) in [6, 6.07) is 57.7. The molecule has 0 fully saturated rings. The van der Waals surface area contributed by atoms with Crippen molar-refractivity contribution >= 4 is 87.3 Å². The number of allylic oxidation sites excluding steroid dienone is 4. The quantitative estimate of drug-likeness (QED) is 0.125. The minimum atomic E-state index is -0.0267. The summed E-state index contributed by atoms with van der Waals surface area (Å²) in [7, 11) is 0. The fourth-order valence-electron chi connectivity index (χ4n) is 9.52. The number of fused-ring (bicyclic) bond motifs is 11. The molecule has 0 bridgehead atoms. The van der Waals surface area contributed by atoms with Crippen molar-refractivity contribution in [2.45, 2.75) is 0 Å². The van der Waals surface area contributed by atoms with E-state index in [0.717, 1.165) is 93.5 Å². The first-order valence-electron chi connectivity index (χ1n) is 19.9. The van der Waals surface area contributed by atoms with E-state index in [1.807, 2.05) is 40.8 Å². The highest BCUT2D eigenvalue weighted by molar-refractivity contribution is 6.21. The first kappa shape index (κ1) is 33.2. The van der Waals surface area contributed by atoms with Gasteiger partial charge >= 0.3 is 0 Å². The summed E-state index contributed by atoms with van der Waals surface area (Å²) in [5.74, 6) is 0. The van der Waals surface area contributed by atoms with Gasteiger partial charge in [-0.1, -0.05) is 135 Å². The summed E-state index contributed by atoms with van der Waals surface area (Å²) in [4.78, 5) is 14.4. The van der Waals surface area contributed by atoms with Crippen LogP contribution in [0.25, 0.3) is 115 Å². The van der Waals surface area contributed by atoms with E-state index in [9.17, 15) is 4.79 Å². The Balaban J connectivity index is 1.12. The molecule has 0 aliphatic carbocycles. The molecule has 0 saturated heterocycles. The molecule has 12 aromatic rings. The highest BCUT2D eigenvalue weighted by Gasteiger charge is 2.22. The Labute approximate surface area is 338 Å². The second-order valence-corrected chi connectivity index (χ2v) is 15.3. The predicted octanol–water partition coefficient (Wildman–Crippen LogP) is 14.3. The normalized spacial score (nSPS) is 12.4. The van der Waals surface area contributed by atoms with E-state index in [0.29, 0.717) is 5.39 Å². The van der Waals surface area contributed by atoms with Gasteiger partial charge in [-0.25, -0.2) is 0 Å². The lowest BCUT2D eigenvalue weighted by atomic mass is 9.98. The van der Waals surface area contributed by atoms with Crippen LogP contribution in [0.3, 0.4) is 0 Å². The molecule has 0 saturated carbocycles. The number of nitrogens with zero attached hydrogens (tertiary/aromatic N) is 2. The van der Waals surface area contributed by atoms with E-state index in [1.165, 1.54) is 21.9 Å². The largest absolute Gasteiger partial charge is 0.454 e. The third-order valence-corrected chi connectivity index (χ3v) is 12.2. The van der Waals surface area contributed by atoms with Gasteiger partial charge in [-0.3, -0.25) is 9.20 Å². The van der Waals surface area contributed by atoms with Crippen LogP contribution in [0.4, 0.5) is 0 Å². The Kier molecular flexibility index (Phi) is 7.05. The van der Waals surface area contributed by atoms with Crippen molar-refractivity contribution in [3.8, 4) is 27.9 Å². The van der Waals surface area contributed by atoms with E-state index < -0.39 is 0 Å². The van der Waals surface area contributed by atoms with Gasteiger partial charge in [-0.15, -0.1) is 0 Å². The number of aromatic nitrogens is 2. The molecule has 0 spiro atoms. The van der Waals surface area contributed by atoms with Gasteiger partial charge < -0.3 is 8.98 Å². The molecule has 0 radical (unpaired) electrons. The molecule has 276 valence electrons. The number of benzene rings is 8. The molecule has 0 aliphatic heterocycles. The van der Waals surface area contributed by atoms with E-state index in [4.69, 9.17) is 4.42 Å². The van der Waals surface area contributed by atoms with E-state index in [1.54, 1.807) is 6.08 Å². The van der Waals surface area contributed by atoms with E-state index in [-0.39, 0.29) is 5.56 Å². The minimum Gasteiger partial charge on any atom is -0.454 e. The van der Waals surface area contributed by atoms with Gasteiger partial charge in [0.15, 0.2) is 5.58 Å². The molecule has 4 heteroatoms. The monoisotopic (exact) mass is 754 g/mol. The highest BCUT2D eigenvalue weighted by Crippen LogP contribution is 2.43. The third kappa shape index (κ3) is 4.75. The van der Waals surface area contributed by atoms with Crippen LogP contribution in [0.1, 0.15) is 5.56 Å². The second-order valence-electron chi connectivity index (χ2n) is 15.3. The molecule has 0 N–H and O–H groups in total. The van der Waals surface area contributed by atoms with E-state index >= 15 is 0 Å². The molecular weight excluding hydrogens is 721 g/mol. The Bertz CT molecular complexity index is 3840. The van der Waals surface area contributed by atoms with Crippen LogP contribution in [0.15, 0.2) is 204 Å². The zero-order chi connectivity index (χ0) is 39.4. The maximum atomic E-state index is 14.4. The molecule has 0 aliphatic rings. The van der Waals surface area contributed by atoms with Crippen molar-refractivity contribution in [1.29, 1.82) is 0 Å². The van der Waals surface area contributed by atoms with Gasteiger partial charge in [0.2, 0.25) is 0 Å². The minimum absolute atomic E-state index is 0.0267. The number of furan rings is 1. The molecule has 59 heavy (non-hydrogen) atoms. The molecule has 4 heterocycles. The maximum absolute atomic E-state index is 14.4. The van der Waals surface area contributed by atoms with Crippen LogP contribution in [0, 0.1) is 0 Å². The number of para-hydroxylation sites is 3. The molecule has 0 amide bonds. The predicted molar refractivity (Wildman–Crippen MR) is 248 cm³/mol. The molecule has 4 nitrogen and oxygen atoms in total. The van der Waals surface area contributed by atoms with E-state index in [2.05, 4.69) is 157 Å². The Morgan fingerprint density at radius 3 is 1.97 bits per heavy atom. The molecule has 8 aromatic carbocycles. The van der Waals surface area contributed by atoms with Crippen LogP contribution >= 0.6 is 0 Å². The summed E-state index contributed by atoms with van der Waals surface area (Å²) < 4.78 is 11.0. The molecule has 4 aromatic heterocycles. The topological polar surface area (TPSA) is 39.5 Å². The Hall–Kier alpha value is -7.95. The molecule has 12 rings (SSSR count). The zero-order valence-electron chi connectivity index (χ0n) is 31.9. The number of hydrogen-bond donors (Lipinski definition) is 0. The second kappa shape index (κ2) is 12.5. The lowest BCUT2D eigenvalue weighted by molar-refractivity contribution is 0.666. The van der Waals surface area contributed by atoms with Crippen molar-refractivity contribution in [3.05, 3.63) is 211 Å². The summed E-state index contributed by atoms with van der Waals surface area (Å²) in [5, 5.41) is 9.20. The van der Waals surface area contributed by atoms with Gasteiger partial charge in [0.25, 0.3) is 5.56 Å². The van der Waals surface area contributed by atoms with Crippen LogP contribution < -0.4 is 5.56 Å². The molecule has 0 unspecified atom stereocenters. The zero-order valence-corrected chi connectivity index (χ0v) is 31.9. The lowest BCUT2D eigenvalue weighted by Gasteiger charge is -2.12. The van der Waals surface area contributed by atoms with Gasteiger partial charge in [0.05, 0.1) is 27.8 Å². The average molecular weight is 755 g/mol. The Morgan fingerprint density at radius 1 is 0.492 bits per heavy atom. The summed E-state index contributed by atoms with van der Waals surface area (Å²) in [6.07, 6.45) is 5.53. The van der Waals surface area contributed by atoms with Gasteiger partial charge in [-0.05, 0) is 99.4 Å². The number of rotatable bonds is 6.